The maximum atomic E-state index is 12.6. The molecule has 0 fully saturated rings. The van der Waals surface area contributed by atoms with Gasteiger partial charge in [0.05, 0.1) is 20.1 Å². The fourth-order valence-electron chi connectivity index (χ4n) is 5.64. The van der Waals surface area contributed by atoms with Gasteiger partial charge in [0.1, 0.15) is 5.75 Å². The molecule has 10 heteroatoms. The Morgan fingerprint density at radius 2 is 1.35 bits per heavy atom. The van der Waals surface area contributed by atoms with E-state index in [0.29, 0.717) is 14.7 Å². The third-order valence-electron chi connectivity index (χ3n) is 8.01. The Kier molecular flexibility index (Phi) is 10.6. The third-order valence-corrected chi connectivity index (χ3v) is 10.4. The van der Waals surface area contributed by atoms with Gasteiger partial charge in [0.15, 0.2) is 6.10 Å². The lowest BCUT2D eigenvalue weighted by Crippen LogP contribution is -2.34. The molecule has 0 saturated heterocycles. The van der Waals surface area contributed by atoms with Crippen LogP contribution in [0.2, 0.25) is 0 Å². The molecule has 49 heavy (non-hydrogen) atoms. The number of hydrogen-bond acceptors (Lipinski definition) is 5. The number of fused-ring (bicyclic) bond motifs is 1. The van der Waals surface area contributed by atoms with Crippen LogP contribution in [0.4, 0.5) is 0 Å². The van der Waals surface area contributed by atoms with E-state index >= 15 is 0 Å². The van der Waals surface area contributed by atoms with E-state index in [1.54, 1.807) is 6.07 Å². The van der Waals surface area contributed by atoms with Crippen LogP contribution in [0.1, 0.15) is 37.6 Å². The number of carbonyl (C=O) groups excluding carboxylic acids is 1. The van der Waals surface area contributed by atoms with E-state index in [1.165, 1.54) is 44.3 Å². The summed E-state index contributed by atoms with van der Waals surface area (Å²) in [6.45, 7) is -0.0457. The maximum Gasteiger partial charge on any atom is 0.344 e. The molecule has 0 spiro atoms. The van der Waals surface area contributed by atoms with Crippen LogP contribution in [0.15, 0.2) is 124 Å². The molecule has 1 heterocycles. The van der Waals surface area contributed by atoms with Gasteiger partial charge in [-0.3, -0.25) is 4.79 Å². The molecule has 1 aromatic heterocycles. The van der Waals surface area contributed by atoms with Crippen molar-refractivity contribution in [2.24, 2.45) is 0 Å². The number of halogens is 2. The second-order valence-corrected chi connectivity index (χ2v) is 14.1. The Labute approximate surface area is 303 Å². The maximum absolute atomic E-state index is 12.6. The Balaban J connectivity index is 1.18. The van der Waals surface area contributed by atoms with Gasteiger partial charge in [-0.05, 0) is 84.4 Å². The highest BCUT2D eigenvalue weighted by Crippen LogP contribution is 2.42. The number of nitrogens with one attached hydrogen (secondary N) is 1. The minimum Gasteiger partial charge on any atom is -0.479 e. The predicted octanol–water partition coefficient (Wildman–Crippen LogP) is 9.70. The minimum absolute atomic E-state index is 0.00630. The van der Waals surface area contributed by atoms with E-state index in [2.05, 4.69) is 110 Å². The number of benzene rings is 5. The summed E-state index contributed by atoms with van der Waals surface area (Å²) >= 11 is 8.94. The molecule has 3 N–H and O–H groups in total. The van der Waals surface area contributed by atoms with Gasteiger partial charge >= 0.3 is 11.9 Å². The fraction of sp³-hybridized carbons (Fsp3) is 0.103. The standard InChI is InChI=1S/C39H29Br2NO6S/c40-30-21-26(22-31(41)36(30)48-32(39(46)47)18-19-42-37(43)27-10-4-5-11-28(27)38(44)45)24-14-16-25(17-15-24)35-29-12-6-7-13-33(29)49-34(35)20-23-8-2-1-3-9-23/h1-17,21-22,32H,18-20H2,(H,42,43)(H,44,45)(H,46,47). The number of aromatic carboxylic acids is 1. The molecule has 0 saturated carbocycles. The van der Waals surface area contributed by atoms with Crippen molar-refractivity contribution in [1.29, 1.82) is 0 Å². The van der Waals surface area contributed by atoms with Gasteiger partial charge in [-0.25, -0.2) is 9.59 Å². The highest BCUT2D eigenvalue weighted by molar-refractivity contribution is 9.11. The quantitative estimate of drug-likeness (QED) is 0.114. The summed E-state index contributed by atoms with van der Waals surface area (Å²) in [5, 5.41) is 23.1. The highest BCUT2D eigenvalue weighted by atomic mass is 79.9. The molecule has 0 radical (unpaired) electrons. The molecule has 1 amide bonds. The first-order valence-electron chi connectivity index (χ1n) is 15.3. The van der Waals surface area contributed by atoms with Gasteiger partial charge in [0.2, 0.25) is 0 Å². The summed E-state index contributed by atoms with van der Waals surface area (Å²) in [7, 11) is 0. The molecule has 7 nitrogen and oxygen atoms in total. The molecule has 0 aliphatic carbocycles. The second-order valence-electron chi connectivity index (χ2n) is 11.2. The van der Waals surface area contributed by atoms with Crippen LogP contribution in [-0.4, -0.2) is 40.7 Å². The number of ether oxygens (including phenoxy) is 1. The lowest BCUT2D eigenvalue weighted by atomic mass is 9.96. The van der Waals surface area contributed by atoms with Gasteiger partial charge in [-0.1, -0.05) is 84.9 Å². The summed E-state index contributed by atoms with van der Waals surface area (Å²) < 4.78 is 8.27. The smallest absolute Gasteiger partial charge is 0.344 e. The molecule has 0 aliphatic rings. The predicted molar refractivity (Wildman–Crippen MR) is 200 cm³/mol. The molecule has 5 aromatic carbocycles. The van der Waals surface area contributed by atoms with Crippen molar-refractivity contribution in [3.05, 3.63) is 146 Å². The van der Waals surface area contributed by atoms with Crippen LogP contribution in [-0.2, 0) is 11.2 Å². The van der Waals surface area contributed by atoms with E-state index in [9.17, 15) is 24.6 Å². The van der Waals surface area contributed by atoms with Crippen LogP contribution in [0, 0.1) is 0 Å². The summed E-state index contributed by atoms with van der Waals surface area (Å²) in [5.41, 5.74) is 5.36. The lowest BCUT2D eigenvalue weighted by Gasteiger charge is -2.19. The summed E-state index contributed by atoms with van der Waals surface area (Å²) in [5.74, 6) is -2.73. The number of aliphatic carboxylic acids is 1. The van der Waals surface area contributed by atoms with Gasteiger partial charge in [0, 0.05) is 39.9 Å². The van der Waals surface area contributed by atoms with E-state index < -0.39 is 23.9 Å². The van der Waals surface area contributed by atoms with Crippen molar-refractivity contribution in [1.82, 2.24) is 5.32 Å². The second kappa shape index (κ2) is 15.2. The normalized spacial score (nSPS) is 11.6. The van der Waals surface area contributed by atoms with Crippen molar-refractivity contribution in [2.45, 2.75) is 18.9 Å². The van der Waals surface area contributed by atoms with Crippen molar-refractivity contribution < 1.29 is 29.3 Å². The van der Waals surface area contributed by atoms with Crippen molar-refractivity contribution in [2.75, 3.05) is 6.54 Å². The van der Waals surface area contributed by atoms with Gasteiger partial charge in [-0.15, -0.1) is 11.3 Å². The topological polar surface area (TPSA) is 113 Å². The zero-order valence-corrected chi connectivity index (χ0v) is 29.8. The number of rotatable bonds is 12. The average molecular weight is 800 g/mol. The number of carboxylic acids is 2. The fourth-order valence-corrected chi connectivity index (χ4v) is 8.28. The Bertz CT molecular complexity index is 2140. The molecule has 1 atom stereocenters. The number of thiophene rings is 1. The molecule has 0 bridgehead atoms. The van der Waals surface area contributed by atoms with Crippen LogP contribution in [0.5, 0.6) is 5.75 Å². The van der Waals surface area contributed by atoms with E-state index in [1.807, 2.05) is 29.5 Å². The van der Waals surface area contributed by atoms with Gasteiger partial charge in [0.25, 0.3) is 5.91 Å². The molecular weight excluding hydrogens is 770 g/mol. The Morgan fingerprint density at radius 3 is 2.02 bits per heavy atom. The van der Waals surface area contributed by atoms with Crippen LogP contribution in [0.25, 0.3) is 32.3 Å². The third kappa shape index (κ3) is 7.77. The van der Waals surface area contributed by atoms with Crippen molar-refractivity contribution in [3.63, 3.8) is 0 Å². The number of hydrogen-bond donors (Lipinski definition) is 3. The van der Waals surface area contributed by atoms with Gasteiger partial charge < -0.3 is 20.3 Å². The first-order chi connectivity index (χ1) is 23.7. The molecule has 246 valence electrons. The number of amides is 1. The van der Waals surface area contributed by atoms with Gasteiger partial charge in [-0.2, -0.15) is 0 Å². The van der Waals surface area contributed by atoms with E-state index in [4.69, 9.17) is 4.74 Å². The summed E-state index contributed by atoms with van der Waals surface area (Å²) in [4.78, 5) is 37.5. The average Bonchev–Trinajstić information content (AvgIpc) is 3.46. The van der Waals surface area contributed by atoms with Crippen molar-refractivity contribution in [3.8, 4) is 28.0 Å². The molecular formula is C39H29Br2NO6S. The van der Waals surface area contributed by atoms with Crippen LogP contribution < -0.4 is 10.1 Å². The summed E-state index contributed by atoms with van der Waals surface area (Å²) in [6.07, 6.45) is -0.485. The first-order valence-corrected chi connectivity index (χ1v) is 17.7. The van der Waals surface area contributed by atoms with E-state index in [-0.39, 0.29) is 24.1 Å². The molecule has 1 unspecified atom stereocenters. The van der Waals surface area contributed by atoms with Crippen LogP contribution in [0.3, 0.4) is 0 Å². The highest BCUT2D eigenvalue weighted by Gasteiger charge is 2.24. The Morgan fingerprint density at radius 1 is 0.735 bits per heavy atom. The first kappa shape index (κ1) is 34.1. The van der Waals surface area contributed by atoms with Crippen molar-refractivity contribution >= 4 is 71.1 Å². The summed E-state index contributed by atoms with van der Waals surface area (Å²) in [6, 6.07) is 37.0. The number of carboxylic acid groups (broad SMARTS) is 2. The zero-order valence-electron chi connectivity index (χ0n) is 25.9. The number of carbonyl (C=O) groups is 3. The zero-order chi connectivity index (χ0) is 34.5. The minimum atomic E-state index is -1.28. The largest absolute Gasteiger partial charge is 0.479 e. The molecule has 6 aromatic rings. The monoisotopic (exact) mass is 797 g/mol. The Hall–Kier alpha value is -4.77. The van der Waals surface area contributed by atoms with Crippen LogP contribution >= 0.6 is 43.2 Å². The SMILES string of the molecule is O=C(O)c1ccccc1C(=O)NCCC(Oc1c(Br)cc(-c2ccc(-c3c(Cc4ccccc4)sc4ccccc34)cc2)cc1Br)C(=O)O. The lowest BCUT2D eigenvalue weighted by molar-refractivity contribution is -0.145. The van der Waals surface area contributed by atoms with E-state index in [0.717, 1.165) is 23.1 Å². The molecule has 0 aliphatic heterocycles. The molecule has 6 rings (SSSR count).